The molecule has 1 aliphatic heterocycles. The van der Waals surface area contributed by atoms with Crippen LogP contribution in [0.15, 0.2) is 0 Å². The molecule has 0 radical (unpaired) electrons. The average Bonchev–Trinajstić information content (AvgIpc) is 2.16. The monoisotopic (exact) mass is 229 g/mol. The highest BCUT2D eigenvalue weighted by Gasteiger charge is 2.26. The van der Waals surface area contributed by atoms with Gasteiger partial charge in [0, 0.05) is 26.2 Å². The predicted molar refractivity (Wildman–Crippen MR) is 63.4 cm³/mol. The maximum atomic E-state index is 11.2. The fraction of sp³-hybridized carbons (Fsp3) is 0.909. The summed E-state index contributed by atoms with van der Waals surface area (Å²) in [5.41, 5.74) is -0.0623. The zero-order chi connectivity index (χ0) is 12.0. The largest absolute Gasteiger partial charge is 0.373 e. The lowest BCUT2D eigenvalue weighted by molar-refractivity contribution is -0.120. The molecule has 0 atom stereocenters. The van der Waals surface area contributed by atoms with Crippen molar-refractivity contribution in [3.8, 4) is 0 Å². The van der Waals surface area contributed by atoms with Gasteiger partial charge in [0.25, 0.3) is 0 Å². The van der Waals surface area contributed by atoms with E-state index in [-0.39, 0.29) is 11.5 Å². The molecule has 1 aliphatic rings. The molecule has 1 amide bonds. The minimum atomic E-state index is -0.0623. The minimum Gasteiger partial charge on any atom is -0.373 e. The maximum Gasteiger partial charge on any atom is 0.233 e. The third-order valence-electron chi connectivity index (χ3n) is 2.59. The molecule has 0 aliphatic carbocycles. The van der Waals surface area contributed by atoms with E-state index >= 15 is 0 Å². The SMILES string of the molecule is CNCC(=O)NCCN1CCOC(C)(C)C1. The number of carbonyl (C=O) groups is 1. The Labute approximate surface area is 97.5 Å². The fourth-order valence-corrected chi connectivity index (χ4v) is 1.88. The topological polar surface area (TPSA) is 53.6 Å². The number of likely N-dealkylation sites (N-methyl/N-ethyl adjacent to an activating group) is 1. The molecular weight excluding hydrogens is 206 g/mol. The molecule has 0 bridgehead atoms. The molecule has 1 saturated heterocycles. The lowest BCUT2D eigenvalue weighted by Crippen LogP contribution is -2.50. The van der Waals surface area contributed by atoms with Crippen LogP contribution < -0.4 is 10.6 Å². The summed E-state index contributed by atoms with van der Waals surface area (Å²) in [5, 5.41) is 5.70. The maximum absolute atomic E-state index is 11.2. The molecular formula is C11H23N3O2. The summed E-state index contributed by atoms with van der Waals surface area (Å²) in [6.45, 7) is 8.82. The molecule has 1 fully saturated rings. The predicted octanol–water partition coefficient (Wildman–Crippen LogP) is -0.567. The van der Waals surface area contributed by atoms with E-state index in [2.05, 4.69) is 29.4 Å². The Morgan fingerprint density at radius 2 is 2.25 bits per heavy atom. The van der Waals surface area contributed by atoms with Gasteiger partial charge < -0.3 is 15.4 Å². The van der Waals surface area contributed by atoms with Crippen LogP contribution in [-0.2, 0) is 9.53 Å². The number of hydrogen-bond acceptors (Lipinski definition) is 4. The summed E-state index contributed by atoms with van der Waals surface area (Å²) in [6, 6.07) is 0. The van der Waals surface area contributed by atoms with Crippen molar-refractivity contribution >= 4 is 5.91 Å². The molecule has 16 heavy (non-hydrogen) atoms. The second-order valence-corrected chi connectivity index (χ2v) is 4.76. The number of morpholine rings is 1. The zero-order valence-corrected chi connectivity index (χ0v) is 10.5. The van der Waals surface area contributed by atoms with Gasteiger partial charge in [0.2, 0.25) is 5.91 Å². The highest BCUT2D eigenvalue weighted by molar-refractivity contribution is 5.77. The van der Waals surface area contributed by atoms with E-state index in [4.69, 9.17) is 4.74 Å². The molecule has 1 heterocycles. The van der Waals surface area contributed by atoms with Crippen molar-refractivity contribution in [2.75, 3.05) is 46.4 Å². The second-order valence-electron chi connectivity index (χ2n) is 4.76. The lowest BCUT2D eigenvalue weighted by Gasteiger charge is -2.38. The molecule has 5 heteroatoms. The van der Waals surface area contributed by atoms with E-state index in [0.29, 0.717) is 13.1 Å². The van der Waals surface area contributed by atoms with E-state index < -0.39 is 0 Å². The van der Waals surface area contributed by atoms with Crippen LogP contribution in [0.25, 0.3) is 0 Å². The Kier molecular flexibility index (Phi) is 5.18. The fourth-order valence-electron chi connectivity index (χ4n) is 1.88. The number of carbonyl (C=O) groups excluding carboxylic acids is 1. The molecule has 0 aromatic heterocycles. The molecule has 0 unspecified atom stereocenters. The molecule has 94 valence electrons. The Hall–Kier alpha value is -0.650. The summed E-state index contributed by atoms with van der Waals surface area (Å²) in [6.07, 6.45) is 0. The van der Waals surface area contributed by atoms with Gasteiger partial charge in [-0.1, -0.05) is 0 Å². The first-order chi connectivity index (χ1) is 7.53. The first-order valence-electron chi connectivity index (χ1n) is 5.81. The van der Waals surface area contributed by atoms with Crippen molar-refractivity contribution < 1.29 is 9.53 Å². The summed E-state index contributed by atoms with van der Waals surface area (Å²) in [7, 11) is 1.77. The van der Waals surface area contributed by atoms with Gasteiger partial charge in [-0.15, -0.1) is 0 Å². The van der Waals surface area contributed by atoms with E-state index in [1.807, 2.05) is 0 Å². The summed E-state index contributed by atoms with van der Waals surface area (Å²) < 4.78 is 5.62. The van der Waals surface area contributed by atoms with Gasteiger partial charge in [0.1, 0.15) is 0 Å². The minimum absolute atomic E-state index is 0.0509. The quantitative estimate of drug-likeness (QED) is 0.663. The molecule has 1 rings (SSSR count). The Morgan fingerprint density at radius 3 is 2.88 bits per heavy atom. The van der Waals surface area contributed by atoms with Gasteiger partial charge in [-0.2, -0.15) is 0 Å². The zero-order valence-electron chi connectivity index (χ0n) is 10.5. The molecule has 0 saturated carbocycles. The standard InChI is InChI=1S/C11H23N3O2/c1-11(2)9-14(6-7-16-11)5-4-13-10(15)8-12-3/h12H,4-9H2,1-3H3,(H,13,15). The van der Waals surface area contributed by atoms with Crippen LogP contribution >= 0.6 is 0 Å². The van der Waals surface area contributed by atoms with Crippen molar-refractivity contribution in [1.29, 1.82) is 0 Å². The van der Waals surface area contributed by atoms with E-state index in [0.717, 1.165) is 26.2 Å². The first-order valence-corrected chi connectivity index (χ1v) is 5.81. The van der Waals surface area contributed by atoms with Crippen molar-refractivity contribution in [2.24, 2.45) is 0 Å². The van der Waals surface area contributed by atoms with Gasteiger partial charge in [-0.3, -0.25) is 9.69 Å². The smallest absolute Gasteiger partial charge is 0.233 e. The lowest BCUT2D eigenvalue weighted by atomic mass is 10.1. The summed E-state index contributed by atoms with van der Waals surface area (Å²) in [5.74, 6) is 0.0509. The Balaban J connectivity index is 2.15. The van der Waals surface area contributed by atoms with Gasteiger partial charge in [-0.25, -0.2) is 0 Å². The Bertz CT molecular complexity index is 231. The van der Waals surface area contributed by atoms with Gasteiger partial charge in [0.05, 0.1) is 18.8 Å². The van der Waals surface area contributed by atoms with Crippen molar-refractivity contribution in [1.82, 2.24) is 15.5 Å². The van der Waals surface area contributed by atoms with Crippen LogP contribution in [0.5, 0.6) is 0 Å². The normalized spacial score (nSPS) is 20.7. The van der Waals surface area contributed by atoms with Crippen LogP contribution in [0.1, 0.15) is 13.8 Å². The number of ether oxygens (including phenoxy) is 1. The third-order valence-corrected chi connectivity index (χ3v) is 2.59. The highest BCUT2D eigenvalue weighted by Crippen LogP contribution is 2.15. The Morgan fingerprint density at radius 1 is 1.50 bits per heavy atom. The van der Waals surface area contributed by atoms with E-state index in [9.17, 15) is 4.79 Å². The number of nitrogens with one attached hydrogen (secondary N) is 2. The highest BCUT2D eigenvalue weighted by atomic mass is 16.5. The van der Waals surface area contributed by atoms with Crippen molar-refractivity contribution in [3.63, 3.8) is 0 Å². The molecule has 0 spiro atoms. The van der Waals surface area contributed by atoms with Gasteiger partial charge >= 0.3 is 0 Å². The van der Waals surface area contributed by atoms with Crippen LogP contribution in [0.2, 0.25) is 0 Å². The number of hydrogen-bond donors (Lipinski definition) is 2. The molecule has 2 N–H and O–H groups in total. The average molecular weight is 229 g/mol. The van der Waals surface area contributed by atoms with Crippen molar-refractivity contribution in [2.45, 2.75) is 19.4 Å². The molecule has 5 nitrogen and oxygen atoms in total. The third kappa shape index (κ3) is 4.92. The van der Waals surface area contributed by atoms with Crippen molar-refractivity contribution in [3.05, 3.63) is 0 Å². The van der Waals surface area contributed by atoms with Gasteiger partial charge in [-0.05, 0) is 20.9 Å². The molecule has 0 aromatic carbocycles. The number of rotatable bonds is 5. The second kappa shape index (κ2) is 6.18. The van der Waals surface area contributed by atoms with Crippen LogP contribution in [-0.4, -0.2) is 62.8 Å². The van der Waals surface area contributed by atoms with Gasteiger partial charge in [0.15, 0.2) is 0 Å². The number of amides is 1. The summed E-state index contributed by atoms with van der Waals surface area (Å²) in [4.78, 5) is 13.5. The van der Waals surface area contributed by atoms with E-state index in [1.165, 1.54) is 0 Å². The number of nitrogens with zero attached hydrogens (tertiary/aromatic N) is 1. The molecule has 0 aromatic rings. The van der Waals surface area contributed by atoms with Crippen LogP contribution in [0, 0.1) is 0 Å². The first kappa shape index (κ1) is 13.4. The van der Waals surface area contributed by atoms with Crippen LogP contribution in [0.3, 0.4) is 0 Å². The summed E-state index contributed by atoms with van der Waals surface area (Å²) >= 11 is 0. The van der Waals surface area contributed by atoms with Crippen LogP contribution in [0.4, 0.5) is 0 Å². The van der Waals surface area contributed by atoms with E-state index in [1.54, 1.807) is 7.05 Å².